The van der Waals surface area contributed by atoms with Crippen molar-refractivity contribution in [3.63, 3.8) is 0 Å². The Hall–Kier alpha value is -1.55. The summed E-state index contributed by atoms with van der Waals surface area (Å²) in [6, 6.07) is 15.2. The number of nitrogens with one attached hydrogen (secondary N) is 2. The molecule has 5 heteroatoms. The molecule has 3 nitrogen and oxygen atoms in total. The Morgan fingerprint density at radius 2 is 1.61 bits per heavy atom. The third-order valence-electron chi connectivity index (χ3n) is 3.37. The van der Waals surface area contributed by atoms with Crippen molar-refractivity contribution in [1.82, 2.24) is 10.6 Å². The summed E-state index contributed by atoms with van der Waals surface area (Å²) in [5.41, 5.74) is 1.81. The van der Waals surface area contributed by atoms with Crippen LogP contribution in [-0.4, -0.2) is 25.5 Å². The zero-order valence-electron chi connectivity index (χ0n) is 12.8. The second-order valence-corrected chi connectivity index (χ2v) is 6.13. The van der Waals surface area contributed by atoms with Gasteiger partial charge in [0.15, 0.2) is 0 Å². The van der Waals surface area contributed by atoms with Gasteiger partial charge in [-0.2, -0.15) is 0 Å². The molecule has 0 aliphatic heterocycles. The van der Waals surface area contributed by atoms with Crippen molar-refractivity contribution >= 4 is 29.1 Å². The standard InChI is InChI=1S/C18H20Cl2N2O/c19-16-11-15(12-17(20)13-16)18(23)22-9-4-8-21-10-7-14-5-2-1-3-6-14/h1-3,5-6,11-13,21H,4,7-10H2,(H,22,23). The minimum absolute atomic E-state index is 0.154. The van der Waals surface area contributed by atoms with E-state index in [-0.39, 0.29) is 5.91 Å². The fraction of sp³-hybridized carbons (Fsp3) is 0.278. The lowest BCUT2D eigenvalue weighted by molar-refractivity contribution is 0.0953. The van der Waals surface area contributed by atoms with Crippen molar-refractivity contribution in [1.29, 1.82) is 0 Å². The molecule has 0 aromatic heterocycles. The van der Waals surface area contributed by atoms with Gasteiger partial charge in [0.1, 0.15) is 0 Å². The van der Waals surface area contributed by atoms with E-state index in [1.165, 1.54) is 5.56 Å². The molecule has 122 valence electrons. The average Bonchev–Trinajstić information content (AvgIpc) is 2.54. The number of amides is 1. The summed E-state index contributed by atoms with van der Waals surface area (Å²) in [5, 5.41) is 7.16. The smallest absolute Gasteiger partial charge is 0.251 e. The van der Waals surface area contributed by atoms with E-state index >= 15 is 0 Å². The molecule has 2 aromatic rings. The van der Waals surface area contributed by atoms with Crippen molar-refractivity contribution in [2.45, 2.75) is 12.8 Å². The van der Waals surface area contributed by atoms with Crippen LogP contribution in [0.5, 0.6) is 0 Å². The first kappa shape index (κ1) is 17.8. The molecule has 2 N–H and O–H groups in total. The molecule has 0 unspecified atom stereocenters. The van der Waals surface area contributed by atoms with Crippen LogP contribution in [0.3, 0.4) is 0 Å². The predicted molar refractivity (Wildman–Crippen MR) is 96.4 cm³/mol. The van der Waals surface area contributed by atoms with E-state index in [1.54, 1.807) is 18.2 Å². The Kier molecular flexibility index (Phi) is 7.40. The highest BCUT2D eigenvalue weighted by Gasteiger charge is 2.06. The van der Waals surface area contributed by atoms with Gasteiger partial charge >= 0.3 is 0 Å². The molecule has 2 aromatic carbocycles. The number of carbonyl (C=O) groups is 1. The third kappa shape index (κ3) is 6.61. The van der Waals surface area contributed by atoms with E-state index in [9.17, 15) is 4.79 Å². The summed E-state index contributed by atoms with van der Waals surface area (Å²) in [4.78, 5) is 12.0. The number of halogens is 2. The fourth-order valence-corrected chi connectivity index (χ4v) is 2.73. The predicted octanol–water partition coefficient (Wildman–Crippen LogP) is 3.95. The first-order valence-electron chi connectivity index (χ1n) is 7.64. The number of hydrogen-bond donors (Lipinski definition) is 2. The van der Waals surface area contributed by atoms with Gasteiger partial charge in [-0.1, -0.05) is 53.5 Å². The van der Waals surface area contributed by atoms with Gasteiger partial charge in [-0.15, -0.1) is 0 Å². The second-order valence-electron chi connectivity index (χ2n) is 5.25. The van der Waals surface area contributed by atoms with Crippen LogP contribution in [0.25, 0.3) is 0 Å². The van der Waals surface area contributed by atoms with E-state index in [0.29, 0.717) is 22.2 Å². The van der Waals surface area contributed by atoms with Crippen LogP contribution in [0.2, 0.25) is 10.0 Å². The van der Waals surface area contributed by atoms with Gasteiger partial charge in [0.2, 0.25) is 0 Å². The van der Waals surface area contributed by atoms with Gasteiger partial charge in [0.25, 0.3) is 5.91 Å². The molecule has 0 radical (unpaired) electrons. The SMILES string of the molecule is O=C(NCCCNCCc1ccccc1)c1cc(Cl)cc(Cl)c1. The molecular weight excluding hydrogens is 331 g/mol. The third-order valence-corrected chi connectivity index (χ3v) is 3.81. The van der Waals surface area contributed by atoms with Crippen LogP contribution >= 0.6 is 23.2 Å². The Morgan fingerprint density at radius 3 is 2.30 bits per heavy atom. The lowest BCUT2D eigenvalue weighted by atomic mass is 10.1. The van der Waals surface area contributed by atoms with Crippen LogP contribution in [0.15, 0.2) is 48.5 Å². The molecule has 2 rings (SSSR count). The van der Waals surface area contributed by atoms with Gasteiger partial charge in [0.05, 0.1) is 0 Å². The van der Waals surface area contributed by atoms with Crippen molar-refractivity contribution in [3.05, 3.63) is 69.7 Å². The van der Waals surface area contributed by atoms with Crippen molar-refractivity contribution in [2.24, 2.45) is 0 Å². The summed E-state index contributed by atoms with van der Waals surface area (Å²) in [7, 11) is 0. The number of rotatable bonds is 8. The second kappa shape index (κ2) is 9.56. The van der Waals surface area contributed by atoms with Crippen LogP contribution < -0.4 is 10.6 Å². The van der Waals surface area contributed by atoms with E-state index in [2.05, 4.69) is 22.8 Å². The maximum Gasteiger partial charge on any atom is 0.251 e. The molecule has 0 aliphatic carbocycles. The highest BCUT2D eigenvalue weighted by atomic mass is 35.5. The summed E-state index contributed by atoms with van der Waals surface area (Å²) in [6.07, 6.45) is 1.88. The van der Waals surface area contributed by atoms with Crippen molar-refractivity contribution < 1.29 is 4.79 Å². The summed E-state index contributed by atoms with van der Waals surface area (Å²) >= 11 is 11.8. The number of benzene rings is 2. The van der Waals surface area contributed by atoms with E-state index in [1.807, 2.05) is 18.2 Å². The lowest BCUT2D eigenvalue weighted by Gasteiger charge is -2.07. The largest absolute Gasteiger partial charge is 0.352 e. The van der Waals surface area contributed by atoms with Crippen molar-refractivity contribution in [2.75, 3.05) is 19.6 Å². The molecule has 23 heavy (non-hydrogen) atoms. The Bertz CT molecular complexity index is 612. The van der Waals surface area contributed by atoms with Crippen LogP contribution in [0, 0.1) is 0 Å². The van der Waals surface area contributed by atoms with Crippen LogP contribution in [-0.2, 0) is 6.42 Å². The van der Waals surface area contributed by atoms with Gasteiger partial charge < -0.3 is 10.6 Å². The Balaban J connectivity index is 1.59. The normalized spacial score (nSPS) is 10.5. The molecule has 0 atom stereocenters. The number of carbonyl (C=O) groups excluding carboxylic acids is 1. The van der Waals surface area contributed by atoms with Gasteiger partial charge in [-0.3, -0.25) is 4.79 Å². The molecule has 1 amide bonds. The molecule has 0 saturated carbocycles. The highest BCUT2D eigenvalue weighted by molar-refractivity contribution is 6.35. The zero-order valence-corrected chi connectivity index (χ0v) is 14.3. The van der Waals surface area contributed by atoms with Crippen LogP contribution in [0.4, 0.5) is 0 Å². The van der Waals surface area contributed by atoms with E-state index < -0.39 is 0 Å². The Labute approximate surface area is 147 Å². The zero-order chi connectivity index (χ0) is 16.5. The topological polar surface area (TPSA) is 41.1 Å². The van der Waals surface area contributed by atoms with Gasteiger partial charge in [-0.25, -0.2) is 0 Å². The molecule has 0 heterocycles. The minimum Gasteiger partial charge on any atom is -0.352 e. The molecule has 0 spiro atoms. The molecule has 0 bridgehead atoms. The lowest BCUT2D eigenvalue weighted by Crippen LogP contribution is -2.28. The fourth-order valence-electron chi connectivity index (χ4n) is 2.20. The van der Waals surface area contributed by atoms with Gasteiger partial charge in [-0.05, 0) is 49.7 Å². The summed E-state index contributed by atoms with van der Waals surface area (Å²) < 4.78 is 0. The molecular formula is C18H20Cl2N2O. The summed E-state index contributed by atoms with van der Waals surface area (Å²) in [5.74, 6) is -0.154. The molecule has 0 saturated heterocycles. The Morgan fingerprint density at radius 1 is 0.913 bits per heavy atom. The quantitative estimate of drug-likeness (QED) is 0.707. The maximum absolute atomic E-state index is 12.0. The first-order valence-corrected chi connectivity index (χ1v) is 8.39. The van der Waals surface area contributed by atoms with Crippen molar-refractivity contribution in [3.8, 4) is 0 Å². The molecule has 0 aliphatic rings. The highest BCUT2D eigenvalue weighted by Crippen LogP contribution is 2.18. The average molecular weight is 351 g/mol. The van der Waals surface area contributed by atoms with E-state index in [0.717, 1.165) is 25.9 Å². The monoisotopic (exact) mass is 350 g/mol. The number of hydrogen-bond acceptors (Lipinski definition) is 2. The minimum atomic E-state index is -0.154. The maximum atomic E-state index is 12.0. The van der Waals surface area contributed by atoms with E-state index in [4.69, 9.17) is 23.2 Å². The van der Waals surface area contributed by atoms with Crippen LogP contribution in [0.1, 0.15) is 22.3 Å². The first-order chi connectivity index (χ1) is 11.1. The molecule has 0 fully saturated rings. The summed E-state index contributed by atoms with van der Waals surface area (Å²) in [6.45, 7) is 2.41. The van der Waals surface area contributed by atoms with Gasteiger partial charge in [0, 0.05) is 22.2 Å².